The minimum absolute atomic E-state index is 0.0194. The molecule has 0 saturated heterocycles. The molecular weight excluding hydrogens is 665 g/mol. The fraction of sp³-hybridized carbons (Fsp3) is 0.257. The van der Waals surface area contributed by atoms with E-state index < -0.39 is 28.5 Å². The Morgan fingerprint density at radius 2 is 1.46 bits per heavy atom. The summed E-state index contributed by atoms with van der Waals surface area (Å²) in [6, 6.07) is 24.2. The van der Waals surface area contributed by atoms with Gasteiger partial charge >= 0.3 is 0 Å². The van der Waals surface area contributed by atoms with Gasteiger partial charge in [0.15, 0.2) is 0 Å². The third-order valence-corrected chi connectivity index (χ3v) is 9.97. The Balaban J connectivity index is 1.85. The number of sulfonamides is 1. The molecule has 46 heavy (non-hydrogen) atoms. The maximum Gasteiger partial charge on any atom is 0.264 e. The highest BCUT2D eigenvalue weighted by molar-refractivity contribution is 7.92. The fourth-order valence-electron chi connectivity index (χ4n) is 5.02. The molecule has 7 nitrogen and oxygen atoms in total. The van der Waals surface area contributed by atoms with Gasteiger partial charge in [-0.05, 0) is 86.8 Å². The number of carbonyl (C=O) groups is 2. The van der Waals surface area contributed by atoms with Gasteiger partial charge in [0, 0.05) is 34.1 Å². The summed E-state index contributed by atoms with van der Waals surface area (Å²) in [4.78, 5) is 29.8. The van der Waals surface area contributed by atoms with Crippen LogP contribution in [0.5, 0.6) is 0 Å². The molecule has 0 unspecified atom stereocenters. The number of rotatable bonds is 12. The van der Waals surface area contributed by atoms with Crippen molar-refractivity contribution in [2.24, 2.45) is 0 Å². The third kappa shape index (κ3) is 8.82. The number of anilines is 1. The molecule has 0 saturated carbocycles. The van der Waals surface area contributed by atoms with Crippen molar-refractivity contribution in [1.82, 2.24) is 10.2 Å². The van der Waals surface area contributed by atoms with Gasteiger partial charge in [0.1, 0.15) is 12.6 Å². The van der Waals surface area contributed by atoms with Gasteiger partial charge in [-0.1, -0.05) is 88.9 Å². The number of halogens is 3. The lowest BCUT2D eigenvalue weighted by molar-refractivity contribution is -0.140. The smallest absolute Gasteiger partial charge is 0.264 e. The molecule has 0 fully saturated rings. The average Bonchev–Trinajstić information content (AvgIpc) is 2.99. The van der Waals surface area contributed by atoms with Crippen LogP contribution in [0.25, 0.3) is 0 Å². The van der Waals surface area contributed by atoms with Crippen LogP contribution < -0.4 is 9.62 Å². The maximum absolute atomic E-state index is 14.6. The molecule has 0 heterocycles. The topological polar surface area (TPSA) is 86.8 Å². The molecule has 4 rings (SSSR count). The van der Waals surface area contributed by atoms with E-state index in [2.05, 4.69) is 5.32 Å². The van der Waals surface area contributed by atoms with Gasteiger partial charge in [0.25, 0.3) is 10.0 Å². The molecule has 0 aromatic heterocycles. The van der Waals surface area contributed by atoms with Gasteiger partial charge in [-0.3, -0.25) is 13.9 Å². The molecule has 0 bridgehead atoms. The van der Waals surface area contributed by atoms with Crippen LogP contribution in [0.3, 0.4) is 0 Å². The Bertz CT molecular complexity index is 1800. The van der Waals surface area contributed by atoms with E-state index in [1.54, 1.807) is 55.5 Å². The van der Waals surface area contributed by atoms with Crippen LogP contribution in [-0.4, -0.2) is 43.8 Å². The zero-order valence-electron chi connectivity index (χ0n) is 26.0. The molecule has 0 aliphatic rings. The molecule has 242 valence electrons. The minimum Gasteiger partial charge on any atom is -0.352 e. The number of hydrogen-bond acceptors (Lipinski definition) is 4. The number of hydrogen-bond donors (Lipinski definition) is 1. The summed E-state index contributed by atoms with van der Waals surface area (Å²) in [5, 5.41) is 4.09. The molecular formula is C35H36Cl3N3O4S. The quantitative estimate of drug-likeness (QED) is 0.165. The van der Waals surface area contributed by atoms with Gasteiger partial charge in [0.2, 0.25) is 11.8 Å². The third-order valence-electron chi connectivity index (χ3n) is 7.37. The molecule has 4 aromatic carbocycles. The summed E-state index contributed by atoms with van der Waals surface area (Å²) < 4.78 is 29.5. The highest BCUT2D eigenvalue weighted by atomic mass is 35.5. The zero-order valence-corrected chi connectivity index (χ0v) is 29.1. The van der Waals surface area contributed by atoms with Crippen molar-refractivity contribution in [3.8, 4) is 0 Å². The summed E-state index contributed by atoms with van der Waals surface area (Å²) in [6.07, 6.45) is 0.182. The lowest BCUT2D eigenvalue weighted by Gasteiger charge is -2.34. The molecule has 0 aliphatic heterocycles. The van der Waals surface area contributed by atoms with E-state index in [1.165, 1.54) is 17.0 Å². The standard InChI is InChI=1S/C35H36Cl3N3O4S/c1-23(2)39-35(43)33(19-26-8-6-5-7-9-26)40(21-27-12-13-29(37)20-31(27)38)34(42)22-41(32-17-14-28(36)18-25(32)4)46(44,45)30-15-10-24(3)11-16-30/h5-18,20,23,33H,19,21-22H2,1-4H3,(H,39,43)/t33-/m1/s1. The van der Waals surface area contributed by atoms with E-state index in [1.807, 2.05) is 51.1 Å². The highest BCUT2D eigenvalue weighted by Crippen LogP contribution is 2.30. The predicted molar refractivity (Wildman–Crippen MR) is 186 cm³/mol. The molecule has 2 amide bonds. The molecule has 1 N–H and O–H groups in total. The summed E-state index contributed by atoms with van der Waals surface area (Å²) in [5.74, 6) is -0.983. The second kappa shape index (κ2) is 15.4. The Labute approximate surface area is 286 Å². The predicted octanol–water partition coefficient (Wildman–Crippen LogP) is 7.62. The number of carbonyl (C=O) groups excluding carboxylic acids is 2. The van der Waals surface area contributed by atoms with Crippen LogP contribution in [0.2, 0.25) is 15.1 Å². The van der Waals surface area contributed by atoms with Crippen LogP contribution in [0.15, 0.2) is 95.9 Å². The first-order chi connectivity index (χ1) is 21.8. The van der Waals surface area contributed by atoms with Gasteiger partial charge in [-0.15, -0.1) is 0 Å². The Kier molecular flexibility index (Phi) is 11.8. The van der Waals surface area contributed by atoms with Crippen molar-refractivity contribution in [2.45, 2.75) is 57.6 Å². The van der Waals surface area contributed by atoms with E-state index in [4.69, 9.17) is 34.8 Å². The van der Waals surface area contributed by atoms with Crippen molar-refractivity contribution in [3.63, 3.8) is 0 Å². The van der Waals surface area contributed by atoms with E-state index in [0.717, 1.165) is 15.4 Å². The summed E-state index contributed by atoms with van der Waals surface area (Å²) in [5.41, 5.74) is 3.10. The normalized spacial score (nSPS) is 12.1. The number of benzene rings is 4. The second-order valence-electron chi connectivity index (χ2n) is 11.4. The second-order valence-corrected chi connectivity index (χ2v) is 14.5. The average molecular weight is 701 g/mol. The summed E-state index contributed by atoms with van der Waals surface area (Å²) in [7, 11) is -4.25. The molecule has 1 atom stereocenters. The molecule has 11 heteroatoms. The van der Waals surface area contributed by atoms with Crippen molar-refractivity contribution in [1.29, 1.82) is 0 Å². The van der Waals surface area contributed by atoms with Gasteiger partial charge in [-0.2, -0.15) is 0 Å². The number of nitrogens with one attached hydrogen (secondary N) is 1. The van der Waals surface area contributed by atoms with Crippen LogP contribution in [0.4, 0.5) is 5.69 Å². The number of nitrogens with zero attached hydrogens (tertiary/aromatic N) is 2. The van der Waals surface area contributed by atoms with Crippen LogP contribution in [0, 0.1) is 13.8 Å². The van der Waals surface area contributed by atoms with Crippen LogP contribution in [-0.2, 0) is 32.6 Å². The van der Waals surface area contributed by atoms with Crippen molar-refractivity contribution < 1.29 is 18.0 Å². The number of amides is 2. The SMILES string of the molecule is Cc1ccc(S(=O)(=O)N(CC(=O)N(Cc2ccc(Cl)cc2Cl)[C@H](Cc2ccccc2)C(=O)NC(C)C)c2ccc(Cl)cc2C)cc1. The van der Waals surface area contributed by atoms with Crippen LogP contribution in [0.1, 0.15) is 36.1 Å². The first kappa shape index (κ1) is 35.3. The van der Waals surface area contributed by atoms with E-state index in [-0.39, 0.29) is 35.5 Å². The minimum atomic E-state index is -4.25. The van der Waals surface area contributed by atoms with Gasteiger partial charge < -0.3 is 10.2 Å². The number of aryl methyl sites for hydroxylation is 2. The lowest BCUT2D eigenvalue weighted by Crippen LogP contribution is -2.54. The summed E-state index contributed by atoms with van der Waals surface area (Å²) in [6.45, 7) is 6.58. The van der Waals surface area contributed by atoms with Crippen molar-refractivity contribution >= 4 is 62.3 Å². The first-order valence-electron chi connectivity index (χ1n) is 14.7. The monoisotopic (exact) mass is 699 g/mol. The Morgan fingerprint density at radius 3 is 2.07 bits per heavy atom. The summed E-state index contributed by atoms with van der Waals surface area (Å²) >= 11 is 19.0. The molecule has 0 aliphatic carbocycles. The first-order valence-corrected chi connectivity index (χ1v) is 17.3. The van der Waals surface area contributed by atoms with Gasteiger partial charge in [0.05, 0.1) is 10.6 Å². The highest BCUT2D eigenvalue weighted by Gasteiger charge is 2.35. The van der Waals surface area contributed by atoms with E-state index in [9.17, 15) is 18.0 Å². The fourth-order valence-corrected chi connectivity index (χ4v) is 7.19. The molecule has 0 radical (unpaired) electrons. The van der Waals surface area contributed by atoms with Crippen molar-refractivity contribution in [2.75, 3.05) is 10.8 Å². The Morgan fingerprint density at radius 1 is 0.826 bits per heavy atom. The van der Waals surface area contributed by atoms with Crippen LogP contribution >= 0.6 is 34.8 Å². The van der Waals surface area contributed by atoms with E-state index >= 15 is 0 Å². The van der Waals surface area contributed by atoms with E-state index in [0.29, 0.717) is 26.2 Å². The molecule has 4 aromatic rings. The maximum atomic E-state index is 14.6. The van der Waals surface area contributed by atoms with Gasteiger partial charge in [-0.25, -0.2) is 8.42 Å². The lowest BCUT2D eigenvalue weighted by atomic mass is 10.0. The van der Waals surface area contributed by atoms with Crippen molar-refractivity contribution in [3.05, 3.63) is 128 Å². The zero-order chi connectivity index (χ0) is 33.6. The Hall–Kier alpha value is -3.56. The largest absolute Gasteiger partial charge is 0.352 e. The molecule has 0 spiro atoms.